The van der Waals surface area contributed by atoms with Crippen molar-refractivity contribution in [2.75, 3.05) is 6.54 Å². The number of rotatable bonds is 4. The summed E-state index contributed by atoms with van der Waals surface area (Å²) in [5.41, 5.74) is 6.55. The van der Waals surface area contributed by atoms with Crippen molar-refractivity contribution in [1.82, 2.24) is 0 Å². The van der Waals surface area contributed by atoms with Crippen LogP contribution in [0.3, 0.4) is 0 Å². The van der Waals surface area contributed by atoms with Gasteiger partial charge in [0.15, 0.2) is 0 Å². The molecule has 1 aromatic carbocycles. The third-order valence-electron chi connectivity index (χ3n) is 4.15. The van der Waals surface area contributed by atoms with Gasteiger partial charge < -0.3 is 10.5 Å². The highest BCUT2D eigenvalue weighted by atomic mass is 19.3. The molecule has 2 nitrogen and oxygen atoms in total. The quantitative estimate of drug-likeness (QED) is 0.910. The molecule has 0 bridgehead atoms. The molecular weight excluding hydrogens is 260 g/mol. The number of nitrogens with two attached hydrogens (primary N) is 1. The Labute approximate surface area is 119 Å². The van der Waals surface area contributed by atoms with E-state index in [1.807, 2.05) is 38.1 Å². The molecule has 0 aliphatic heterocycles. The summed E-state index contributed by atoms with van der Waals surface area (Å²) in [6.45, 7) is 4.30. The van der Waals surface area contributed by atoms with Crippen LogP contribution in [-0.2, 0) is 5.41 Å². The first-order valence-corrected chi connectivity index (χ1v) is 7.23. The summed E-state index contributed by atoms with van der Waals surface area (Å²) in [4.78, 5) is 0. The summed E-state index contributed by atoms with van der Waals surface area (Å²) in [7, 11) is 0. The highest BCUT2D eigenvalue weighted by Gasteiger charge is 2.44. The highest BCUT2D eigenvalue weighted by molar-refractivity contribution is 5.40. The molecule has 2 rings (SSSR count). The first-order valence-electron chi connectivity index (χ1n) is 7.23. The van der Waals surface area contributed by atoms with Crippen LogP contribution in [0.4, 0.5) is 8.78 Å². The van der Waals surface area contributed by atoms with Gasteiger partial charge in [0, 0.05) is 30.4 Å². The fraction of sp³-hybridized carbons (Fsp3) is 0.625. The van der Waals surface area contributed by atoms with E-state index >= 15 is 0 Å². The molecule has 0 spiro atoms. The van der Waals surface area contributed by atoms with E-state index in [1.165, 1.54) is 0 Å². The average molecular weight is 283 g/mol. The molecule has 1 saturated carbocycles. The molecule has 1 aromatic rings. The Hall–Kier alpha value is -1.16. The maximum Gasteiger partial charge on any atom is 0.248 e. The molecule has 0 aromatic heterocycles. The smallest absolute Gasteiger partial charge is 0.248 e. The van der Waals surface area contributed by atoms with Gasteiger partial charge in [-0.3, -0.25) is 0 Å². The minimum atomic E-state index is -2.55. The van der Waals surface area contributed by atoms with Crippen molar-refractivity contribution in [3.63, 3.8) is 0 Å². The number of hydrogen-bond acceptors (Lipinski definition) is 2. The van der Waals surface area contributed by atoms with Gasteiger partial charge in [-0.25, -0.2) is 8.78 Å². The molecule has 2 N–H and O–H groups in total. The number of hydrogen-bond donors (Lipinski definition) is 1. The van der Waals surface area contributed by atoms with Crippen LogP contribution < -0.4 is 10.5 Å². The number of para-hydroxylation sites is 1. The molecule has 0 saturated heterocycles. The van der Waals surface area contributed by atoms with Crippen LogP contribution in [0.15, 0.2) is 24.3 Å². The summed E-state index contributed by atoms with van der Waals surface area (Å²) < 4.78 is 32.7. The fourth-order valence-electron chi connectivity index (χ4n) is 2.94. The average Bonchev–Trinajstić information content (AvgIpc) is 2.40. The second-order valence-electron chi connectivity index (χ2n) is 6.00. The van der Waals surface area contributed by atoms with Crippen molar-refractivity contribution in [1.29, 1.82) is 0 Å². The summed E-state index contributed by atoms with van der Waals surface area (Å²) in [6.07, 6.45) is 0.681. The van der Waals surface area contributed by atoms with Gasteiger partial charge in [-0.1, -0.05) is 18.2 Å². The maximum absolute atomic E-state index is 13.4. The molecule has 0 radical (unpaired) electrons. The van der Waals surface area contributed by atoms with Crippen molar-refractivity contribution in [3.05, 3.63) is 29.8 Å². The first-order chi connectivity index (χ1) is 9.38. The van der Waals surface area contributed by atoms with E-state index in [1.54, 1.807) is 0 Å². The fourth-order valence-corrected chi connectivity index (χ4v) is 2.94. The number of alkyl halides is 2. The van der Waals surface area contributed by atoms with Gasteiger partial charge in [0.2, 0.25) is 5.92 Å². The van der Waals surface area contributed by atoms with E-state index in [-0.39, 0.29) is 24.4 Å². The standard InChI is InChI=1S/C16H23F2NO/c1-12(2)20-14-6-4-3-5-13(14)15(11-19)7-9-16(17,18)10-8-15/h3-6,12H,7-11,19H2,1-2H3. The van der Waals surface area contributed by atoms with Crippen molar-refractivity contribution in [2.45, 2.75) is 57.0 Å². The van der Waals surface area contributed by atoms with Crippen molar-refractivity contribution >= 4 is 0 Å². The summed E-state index contributed by atoms with van der Waals surface area (Å²) in [5, 5.41) is 0. The Morgan fingerprint density at radius 3 is 2.30 bits per heavy atom. The summed E-state index contributed by atoms with van der Waals surface area (Å²) >= 11 is 0. The van der Waals surface area contributed by atoms with Gasteiger partial charge in [0.05, 0.1) is 6.10 Å². The predicted octanol–water partition coefficient (Wildman–Crippen LogP) is 3.88. The molecular formula is C16H23F2NO. The lowest BCUT2D eigenvalue weighted by molar-refractivity contribution is -0.0512. The zero-order valence-corrected chi connectivity index (χ0v) is 12.2. The third kappa shape index (κ3) is 3.11. The second-order valence-corrected chi connectivity index (χ2v) is 6.00. The van der Waals surface area contributed by atoms with E-state index in [4.69, 9.17) is 10.5 Å². The predicted molar refractivity (Wildman–Crippen MR) is 76.4 cm³/mol. The number of benzene rings is 1. The van der Waals surface area contributed by atoms with Crippen LogP contribution in [0.25, 0.3) is 0 Å². The Morgan fingerprint density at radius 2 is 1.75 bits per heavy atom. The lowest BCUT2D eigenvalue weighted by Crippen LogP contribution is -2.42. The lowest BCUT2D eigenvalue weighted by Gasteiger charge is -2.40. The van der Waals surface area contributed by atoms with E-state index < -0.39 is 5.92 Å². The Balaban J connectivity index is 2.32. The summed E-state index contributed by atoms with van der Waals surface area (Å²) in [6, 6.07) is 7.70. The minimum absolute atomic E-state index is 0.0519. The van der Waals surface area contributed by atoms with Crippen molar-refractivity contribution in [2.24, 2.45) is 5.73 Å². The molecule has 0 atom stereocenters. The van der Waals surface area contributed by atoms with E-state index in [9.17, 15) is 8.78 Å². The molecule has 4 heteroatoms. The van der Waals surface area contributed by atoms with Gasteiger partial charge in [0.25, 0.3) is 0 Å². The molecule has 20 heavy (non-hydrogen) atoms. The SMILES string of the molecule is CC(C)Oc1ccccc1C1(CN)CCC(F)(F)CC1. The van der Waals surface area contributed by atoms with Crippen LogP contribution in [-0.4, -0.2) is 18.6 Å². The van der Waals surface area contributed by atoms with Crippen LogP contribution >= 0.6 is 0 Å². The van der Waals surface area contributed by atoms with Crippen LogP contribution in [0.2, 0.25) is 0 Å². The largest absolute Gasteiger partial charge is 0.491 e. The van der Waals surface area contributed by atoms with E-state index in [2.05, 4.69) is 0 Å². The molecule has 0 heterocycles. The Bertz CT molecular complexity index is 450. The lowest BCUT2D eigenvalue weighted by atomic mass is 9.68. The van der Waals surface area contributed by atoms with Gasteiger partial charge >= 0.3 is 0 Å². The molecule has 1 aliphatic rings. The van der Waals surface area contributed by atoms with Crippen LogP contribution in [0.5, 0.6) is 5.75 Å². The molecule has 0 unspecified atom stereocenters. The summed E-state index contributed by atoms with van der Waals surface area (Å²) in [5.74, 6) is -1.77. The normalized spacial score (nSPS) is 20.9. The van der Waals surface area contributed by atoms with Crippen molar-refractivity contribution < 1.29 is 13.5 Å². The number of halogens is 2. The van der Waals surface area contributed by atoms with E-state index in [0.29, 0.717) is 19.4 Å². The van der Waals surface area contributed by atoms with Crippen molar-refractivity contribution in [3.8, 4) is 5.75 Å². The number of ether oxygens (including phenoxy) is 1. The van der Waals surface area contributed by atoms with Gasteiger partial charge in [0.1, 0.15) is 5.75 Å². The van der Waals surface area contributed by atoms with E-state index in [0.717, 1.165) is 11.3 Å². The second kappa shape index (κ2) is 5.68. The zero-order chi connectivity index (χ0) is 14.8. The Kier molecular flexibility index (Phi) is 4.33. The minimum Gasteiger partial charge on any atom is -0.491 e. The van der Waals surface area contributed by atoms with Crippen LogP contribution in [0.1, 0.15) is 45.1 Å². The highest BCUT2D eigenvalue weighted by Crippen LogP contribution is 2.47. The third-order valence-corrected chi connectivity index (χ3v) is 4.15. The van der Waals surface area contributed by atoms with Gasteiger partial charge in [-0.15, -0.1) is 0 Å². The topological polar surface area (TPSA) is 35.2 Å². The maximum atomic E-state index is 13.4. The monoisotopic (exact) mass is 283 g/mol. The van der Waals surface area contributed by atoms with Crippen LogP contribution in [0, 0.1) is 0 Å². The van der Waals surface area contributed by atoms with Gasteiger partial charge in [-0.2, -0.15) is 0 Å². The first kappa shape index (κ1) is 15.2. The zero-order valence-electron chi connectivity index (χ0n) is 12.2. The van der Waals surface area contributed by atoms with Gasteiger partial charge in [-0.05, 0) is 32.8 Å². The molecule has 112 valence electrons. The molecule has 0 amide bonds. The Morgan fingerprint density at radius 1 is 1.15 bits per heavy atom. The molecule has 1 aliphatic carbocycles. The molecule has 1 fully saturated rings.